The van der Waals surface area contributed by atoms with Crippen molar-refractivity contribution in [3.05, 3.63) is 59.1 Å². The van der Waals surface area contributed by atoms with E-state index in [0.29, 0.717) is 42.6 Å². The number of amides is 2. The van der Waals surface area contributed by atoms with Crippen LogP contribution in [0.4, 0.5) is 24.5 Å². The lowest BCUT2D eigenvalue weighted by Gasteiger charge is -2.38. The van der Waals surface area contributed by atoms with Gasteiger partial charge in [0.05, 0.1) is 23.7 Å². The minimum Gasteiger partial charge on any atom is -0.369 e. The topological polar surface area (TPSA) is 43.9 Å². The van der Waals surface area contributed by atoms with Gasteiger partial charge < -0.3 is 4.90 Å². The second kappa shape index (κ2) is 7.92. The monoisotopic (exact) mass is 437 g/mol. The van der Waals surface area contributed by atoms with Gasteiger partial charge in [0, 0.05) is 36.9 Å². The Labute approximate surface area is 176 Å². The third-order valence-electron chi connectivity index (χ3n) is 5.48. The molecule has 2 aromatic carbocycles. The molecule has 0 spiro atoms. The summed E-state index contributed by atoms with van der Waals surface area (Å²) in [5, 5.41) is 0.436. The van der Waals surface area contributed by atoms with Crippen molar-refractivity contribution < 1.29 is 22.8 Å². The van der Waals surface area contributed by atoms with Gasteiger partial charge in [-0.05, 0) is 36.4 Å². The van der Waals surface area contributed by atoms with Crippen LogP contribution in [0, 0.1) is 0 Å². The minimum absolute atomic E-state index is 0.0783. The van der Waals surface area contributed by atoms with Gasteiger partial charge in [-0.15, -0.1) is 0 Å². The van der Waals surface area contributed by atoms with Gasteiger partial charge in [-0.1, -0.05) is 23.7 Å². The Balaban J connectivity index is 1.44. The molecular weight excluding hydrogens is 419 g/mol. The quantitative estimate of drug-likeness (QED) is 0.685. The molecule has 0 N–H and O–H groups in total. The summed E-state index contributed by atoms with van der Waals surface area (Å²) in [5.41, 5.74) is 0.262. The summed E-state index contributed by atoms with van der Waals surface area (Å²) in [7, 11) is 0. The molecule has 158 valence electrons. The predicted octanol–water partition coefficient (Wildman–Crippen LogP) is 3.81. The number of carbonyl (C=O) groups excluding carboxylic acids is 2. The van der Waals surface area contributed by atoms with E-state index in [2.05, 4.69) is 0 Å². The third kappa shape index (κ3) is 4.02. The van der Waals surface area contributed by atoms with Crippen LogP contribution in [0.2, 0.25) is 5.02 Å². The molecule has 4 rings (SSSR count). The summed E-state index contributed by atoms with van der Waals surface area (Å²) in [6.07, 6.45) is -4.31. The zero-order valence-electron chi connectivity index (χ0n) is 15.9. The highest BCUT2D eigenvalue weighted by molar-refractivity contribution is 6.31. The van der Waals surface area contributed by atoms with E-state index in [1.807, 2.05) is 9.80 Å². The van der Waals surface area contributed by atoms with E-state index >= 15 is 0 Å². The number of halogens is 4. The molecule has 2 aliphatic heterocycles. The molecule has 9 heteroatoms. The summed E-state index contributed by atoms with van der Waals surface area (Å²) in [4.78, 5) is 30.4. The first-order valence-electron chi connectivity index (χ1n) is 9.52. The van der Waals surface area contributed by atoms with Crippen LogP contribution in [-0.4, -0.2) is 48.9 Å². The number of anilines is 2. The molecule has 2 aromatic rings. The van der Waals surface area contributed by atoms with Gasteiger partial charge in [0.2, 0.25) is 5.91 Å². The Bertz CT molecular complexity index is 974. The number of hydrogen-bond donors (Lipinski definition) is 0. The summed E-state index contributed by atoms with van der Waals surface area (Å²) >= 11 is 5.98. The maximum atomic E-state index is 13.0. The number of piperazine rings is 1. The normalized spacial score (nSPS) is 20.9. The summed E-state index contributed by atoms with van der Waals surface area (Å²) in [5.74, 6) is -0.581. The Hall–Kier alpha value is -2.58. The van der Waals surface area contributed by atoms with Crippen LogP contribution in [0.5, 0.6) is 0 Å². The highest BCUT2D eigenvalue weighted by atomic mass is 35.5. The van der Waals surface area contributed by atoms with Gasteiger partial charge >= 0.3 is 6.18 Å². The van der Waals surface area contributed by atoms with Gasteiger partial charge in [0.1, 0.15) is 0 Å². The number of hydrogen-bond acceptors (Lipinski definition) is 4. The van der Waals surface area contributed by atoms with Gasteiger partial charge in [-0.25, -0.2) is 4.90 Å². The van der Waals surface area contributed by atoms with Crippen molar-refractivity contribution in [1.29, 1.82) is 0 Å². The van der Waals surface area contributed by atoms with Crippen molar-refractivity contribution in [2.24, 2.45) is 0 Å². The molecule has 0 saturated carbocycles. The van der Waals surface area contributed by atoms with Gasteiger partial charge in [0.15, 0.2) is 0 Å². The molecule has 0 aromatic heterocycles. The summed E-state index contributed by atoms with van der Waals surface area (Å²) in [6.45, 7) is 1.89. The molecule has 0 radical (unpaired) electrons. The number of imide groups is 1. The highest BCUT2D eigenvalue weighted by Gasteiger charge is 2.43. The second-order valence-corrected chi connectivity index (χ2v) is 7.77. The highest BCUT2D eigenvalue weighted by Crippen LogP contribution is 2.32. The van der Waals surface area contributed by atoms with Crippen LogP contribution >= 0.6 is 11.6 Å². The Kier molecular flexibility index (Phi) is 5.46. The maximum Gasteiger partial charge on any atom is 0.416 e. The van der Waals surface area contributed by atoms with E-state index in [1.165, 1.54) is 6.07 Å². The Morgan fingerprint density at radius 1 is 0.900 bits per heavy atom. The molecule has 2 saturated heterocycles. The molecule has 2 heterocycles. The third-order valence-corrected chi connectivity index (χ3v) is 5.72. The molecule has 30 heavy (non-hydrogen) atoms. The van der Waals surface area contributed by atoms with Gasteiger partial charge in [0.25, 0.3) is 5.91 Å². The molecule has 0 bridgehead atoms. The summed E-state index contributed by atoms with van der Waals surface area (Å²) < 4.78 is 38.9. The SMILES string of the molecule is O=C1C[C@H](N2CCN(c3cccc(C(F)(F)F)c3)CC2)C(=O)N1c1cccc(Cl)c1. The first-order valence-corrected chi connectivity index (χ1v) is 9.90. The fourth-order valence-corrected chi connectivity index (χ4v) is 4.14. The largest absolute Gasteiger partial charge is 0.416 e. The van der Waals surface area contributed by atoms with E-state index < -0.39 is 17.8 Å². The lowest BCUT2D eigenvalue weighted by Crippen LogP contribution is -2.52. The standard InChI is InChI=1S/C21H19ClF3N3O2/c22-15-4-2-6-17(12-15)28-19(29)13-18(20(28)30)27-9-7-26(8-10-27)16-5-1-3-14(11-16)21(23,24)25/h1-6,11-12,18H,7-10,13H2/t18-/m0/s1. The van der Waals surface area contributed by atoms with Crippen LogP contribution in [0.1, 0.15) is 12.0 Å². The Morgan fingerprint density at radius 3 is 2.23 bits per heavy atom. The molecule has 2 aliphatic rings. The van der Waals surface area contributed by atoms with Crippen molar-refractivity contribution in [2.75, 3.05) is 36.0 Å². The van der Waals surface area contributed by atoms with E-state index in [-0.39, 0.29) is 18.2 Å². The number of nitrogens with zero attached hydrogens (tertiary/aromatic N) is 3. The first kappa shape index (κ1) is 20.7. The van der Waals surface area contributed by atoms with Crippen LogP contribution in [-0.2, 0) is 15.8 Å². The van der Waals surface area contributed by atoms with Gasteiger partial charge in [-0.3, -0.25) is 14.5 Å². The van der Waals surface area contributed by atoms with Crippen molar-refractivity contribution in [1.82, 2.24) is 4.90 Å². The lowest BCUT2D eigenvalue weighted by atomic mass is 10.1. The molecular formula is C21H19ClF3N3O2. The first-order chi connectivity index (χ1) is 14.2. The molecule has 2 fully saturated rings. The van der Waals surface area contributed by atoms with Crippen molar-refractivity contribution in [3.8, 4) is 0 Å². The van der Waals surface area contributed by atoms with Crippen molar-refractivity contribution in [3.63, 3.8) is 0 Å². The molecule has 1 atom stereocenters. The summed E-state index contributed by atoms with van der Waals surface area (Å²) in [6, 6.07) is 11.2. The molecule has 0 aliphatic carbocycles. The lowest BCUT2D eigenvalue weighted by molar-refractivity contribution is -0.137. The fourth-order valence-electron chi connectivity index (χ4n) is 3.96. The smallest absolute Gasteiger partial charge is 0.369 e. The van der Waals surface area contributed by atoms with E-state index in [1.54, 1.807) is 30.3 Å². The zero-order chi connectivity index (χ0) is 21.5. The van der Waals surface area contributed by atoms with Crippen molar-refractivity contribution in [2.45, 2.75) is 18.6 Å². The molecule has 0 unspecified atom stereocenters. The second-order valence-electron chi connectivity index (χ2n) is 7.34. The van der Waals surface area contributed by atoms with Crippen LogP contribution in [0.25, 0.3) is 0 Å². The number of rotatable bonds is 3. The average Bonchev–Trinajstić information content (AvgIpc) is 3.01. The van der Waals surface area contributed by atoms with E-state index in [9.17, 15) is 22.8 Å². The molecule has 5 nitrogen and oxygen atoms in total. The van der Waals surface area contributed by atoms with E-state index in [0.717, 1.165) is 17.0 Å². The van der Waals surface area contributed by atoms with Gasteiger partial charge in [-0.2, -0.15) is 13.2 Å². The predicted molar refractivity (Wildman–Crippen MR) is 108 cm³/mol. The van der Waals surface area contributed by atoms with Crippen LogP contribution < -0.4 is 9.80 Å². The molecule has 2 amide bonds. The van der Waals surface area contributed by atoms with Crippen molar-refractivity contribution >= 4 is 34.8 Å². The van der Waals surface area contributed by atoms with Crippen LogP contribution in [0.15, 0.2) is 48.5 Å². The minimum atomic E-state index is -4.39. The van der Waals surface area contributed by atoms with Crippen LogP contribution in [0.3, 0.4) is 0 Å². The number of benzene rings is 2. The number of alkyl halides is 3. The average molecular weight is 438 g/mol. The zero-order valence-corrected chi connectivity index (χ0v) is 16.7. The Morgan fingerprint density at radius 2 is 1.57 bits per heavy atom. The maximum absolute atomic E-state index is 13.0. The fraction of sp³-hybridized carbons (Fsp3) is 0.333. The van der Waals surface area contributed by atoms with E-state index in [4.69, 9.17) is 11.6 Å². The number of carbonyl (C=O) groups is 2.